The van der Waals surface area contributed by atoms with E-state index in [9.17, 15) is 4.79 Å². The Bertz CT molecular complexity index is 741. The van der Waals surface area contributed by atoms with Crippen molar-refractivity contribution in [2.45, 2.75) is 26.3 Å². The van der Waals surface area contributed by atoms with Crippen LogP contribution in [-0.4, -0.2) is 47.0 Å². The van der Waals surface area contributed by atoms with E-state index in [4.69, 9.17) is 9.47 Å². The predicted octanol–water partition coefficient (Wildman–Crippen LogP) is 2.27. The molecule has 0 unspecified atom stereocenters. The lowest BCUT2D eigenvalue weighted by Gasteiger charge is -2.36. The molecular weight excluding hydrogens is 318 g/mol. The van der Waals surface area contributed by atoms with E-state index in [0.717, 1.165) is 23.4 Å². The van der Waals surface area contributed by atoms with Crippen molar-refractivity contribution in [1.29, 1.82) is 0 Å². The fourth-order valence-corrected chi connectivity index (χ4v) is 3.30. The van der Waals surface area contributed by atoms with Crippen LogP contribution in [0.3, 0.4) is 0 Å². The third kappa shape index (κ3) is 3.69. The number of carbonyl (C=O) groups is 1. The van der Waals surface area contributed by atoms with Crippen molar-refractivity contribution in [2.75, 3.05) is 26.4 Å². The molecule has 0 radical (unpaired) electrons. The largest absolute Gasteiger partial charge is 0.484 e. The molecule has 1 aromatic carbocycles. The van der Waals surface area contributed by atoms with Crippen molar-refractivity contribution in [3.05, 3.63) is 47.3 Å². The van der Waals surface area contributed by atoms with Gasteiger partial charge in [0.25, 0.3) is 5.91 Å². The van der Waals surface area contributed by atoms with E-state index in [-0.39, 0.29) is 18.6 Å². The van der Waals surface area contributed by atoms with Gasteiger partial charge < -0.3 is 14.4 Å². The average molecular weight is 343 g/mol. The number of aryl methyl sites for hydroxylation is 2. The first-order chi connectivity index (χ1) is 12.1. The smallest absolute Gasteiger partial charge is 0.261 e. The minimum Gasteiger partial charge on any atom is -0.484 e. The minimum absolute atomic E-state index is 0.0280. The number of carbonyl (C=O) groups excluding carboxylic acids is 1. The normalized spacial score (nSPS) is 16.6. The van der Waals surface area contributed by atoms with Crippen molar-refractivity contribution in [3.63, 3.8) is 0 Å². The zero-order chi connectivity index (χ0) is 17.8. The molecule has 0 bridgehead atoms. The lowest BCUT2D eigenvalue weighted by molar-refractivity contribution is -0.138. The Kier molecular flexibility index (Phi) is 5.38. The highest BCUT2D eigenvalue weighted by Crippen LogP contribution is 2.30. The molecule has 0 N–H and O–H groups in total. The summed E-state index contributed by atoms with van der Waals surface area (Å²) in [6, 6.07) is 7.60. The van der Waals surface area contributed by atoms with Crippen molar-refractivity contribution in [2.24, 2.45) is 7.05 Å². The number of rotatable bonds is 6. The Labute approximate surface area is 148 Å². The fourth-order valence-electron chi connectivity index (χ4n) is 3.30. The number of hydrogen-bond donors (Lipinski definition) is 0. The number of aromatic nitrogens is 2. The van der Waals surface area contributed by atoms with Crippen LogP contribution in [0.25, 0.3) is 0 Å². The first kappa shape index (κ1) is 17.5. The Balaban J connectivity index is 1.74. The van der Waals surface area contributed by atoms with Crippen LogP contribution in [0.2, 0.25) is 0 Å². The minimum atomic E-state index is -0.121. The number of benzene rings is 1. The molecule has 134 valence electrons. The zero-order valence-electron chi connectivity index (χ0n) is 15.1. The fraction of sp³-hybridized carbons (Fsp3) is 0.474. The third-order valence-electron chi connectivity index (χ3n) is 4.62. The highest BCUT2D eigenvalue weighted by atomic mass is 16.5. The molecule has 1 amide bonds. The summed E-state index contributed by atoms with van der Waals surface area (Å²) in [6.45, 7) is 5.71. The number of amides is 1. The van der Waals surface area contributed by atoms with Gasteiger partial charge >= 0.3 is 0 Å². The van der Waals surface area contributed by atoms with E-state index in [1.54, 1.807) is 0 Å². The SMILES string of the molecule is CCOC[C@@H]1c2c(cnn2C)CCN1C(=O)COc1ccccc1C. The van der Waals surface area contributed by atoms with Crippen molar-refractivity contribution in [3.8, 4) is 5.75 Å². The summed E-state index contributed by atoms with van der Waals surface area (Å²) in [6.07, 6.45) is 2.70. The van der Waals surface area contributed by atoms with E-state index in [0.29, 0.717) is 19.8 Å². The Hall–Kier alpha value is -2.34. The molecule has 1 aromatic heterocycles. The molecular formula is C19H25N3O3. The van der Waals surface area contributed by atoms with E-state index >= 15 is 0 Å². The molecule has 2 heterocycles. The van der Waals surface area contributed by atoms with Crippen molar-refractivity contribution >= 4 is 5.91 Å². The standard InChI is InChI=1S/C19H25N3O3/c1-4-24-12-16-19-15(11-20-21(19)3)9-10-22(16)18(23)13-25-17-8-6-5-7-14(17)2/h5-8,11,16H,4,9-10,12-13H2,1-3H3/t16-/m1/s1. The zero-order valence-corrected chi connectivity index (χ0v) is 15.1. The quantitative estimate of drug-likeness (QED) is 0.807. The first-order valence-electron chi connectivity index (χ1n) is 8.68. The Morgan fingerprint density at radius 2 is 2.16 bits per heavy atom. The van der Waals surface area contributed by atoms with Crippen LogP contribution in [0, 0.1) is 6.92 Å². The molecule has 6 nitrogen and oxygen atoms in total. The van der Waals surface area contributed by atoms with Gasteiger partial charge in [-0.1, -0.05) is 18.2 Å². The average Bonchev–Trinajstić information content (AvgIpc) is 3.00. The van der Waals surface area contributed by atoms with Gasteiger partial charge in [-0.05, 0) is 37.5 Å². The molecule has 3 rings (SSSR count). The lowest BCUT2D eigenvalue weighted by atomic mass is 10.00. The molecule has 1 aliphatic rings. The van der Waals surface area contributed by atoms with Gasteiger partial charge in [-0.2, -0.15) is 5.10 Å². The molecule has 0 aliphatic carbocycles. The van der Waals surface area contributed by atoms with Crippen LogP contribution < -0.4 is 4.74 Å². The number of ether oxygens (including phenoxy) is 2. The highest BCUT2D eigenvalue weighted by Gasteiger charge is 2.33. The number of fused-ring (bicyclic) bond motifs is 1. The number of hydrogen-bond acceptors (Lipinski definition) is 4. The molecule has 1 aliphatic heterocycles. The summed E-state index contributed by atoms with van der Waals surface area (Å²) in [5, 5.41) is 4.35. The first-order valence-corrected chi connectivity index (χ1v) is 8.68. The van der Waals surface area contributed by atoms with Gasteiger partial charge in [-0.3, -0.25) is 9.48 Å². The predicted molar refractivity (Wildman–Crippen MR) is 94.5 cm³/mol. The molecule has 0 saturated carbocycles. The van der Waals surface area contributed by atoms with E-state index in [1.807, 2.05) is 60.9 Å². The van der Waals surface area contributed by atoms with Crippen LogP contribution in [0.1, 0.15) is 29.8 Å². The van der Waals surface area contributed by atoms with E-state index < -0.39 is 0 Å². The maximum atomic E-state index is 12.8. The van der Waals surface area contributed by atoms with Gasteiger partial charge in [0.15, 0.2) is 6.61 Å². The highest BCUT2D eigenvalue weighted by molar-refractivity contribution is 5.78. The molecule has 1 atom stereocenters. The maximum absolute atomic E-state index is 12.8. The second kappa shape index (κ2) is 7.70. The molecule has 25 heavy (non-hydrogen) atoms. The number of para-hydroxylation sites is 1. The molecule has 2 aromatic rings. The van der Waals surface area contributed by atoms with Crippen LogP contribution in [0.15, 0.2) is 30.5 Å². The van der Waals surface area contributed by atoms with Gasteiger partial charge in [0.1, 0.15) is 5.75 Å². The Morgan fingerprint density at radius 3 is 2.92 bits per heavy atom. The molecule has 0 spiro atoms. The topological polar surface area (TPSA) is 56.6 Å². The molecule has 0 fully saturated rings. The summed E-state index contributed by atoms with van der Waals surface area (Å²) >= 11 is 0. The number of nitrogens with zero attached hydrogens (tertiary/aromatic N) is 3. The van der Waals surface area contributed by atoms with Gasteiger partial charge in [-0.25, -0.2) is 0 Å². The van der Waals surface area contributed by atoms with E-state index in [2.05, 4.69) is 5.10 Å². The van der Waals surface area contributed by atoms with Gasteiger partial charge in [0, 0.05) is 20.2 Å². The van der Waals surface area contributed by atoms with Gasteiger partial charge in [0.2, 0.25) is 0 Å². The second-order valence-corrected chi connectivity index (χ2v) is 6.25. The van der Waals surface area contributed by atoms with Crippen molar-refractivity contribution < 1.29 is 14.3 Å². The summed E-state index contributed by atoms with van der Waals surface area (Å²) in [5.74, 6) is 0.718. The molecule has 0 saturated heterocycles. The van der Waals surface area contributed by atoms with Gasteiger partial charge in [0.05, 0.1) is 24.5 Å². The Morgan fingerprint density at radius 1 is 1.36 bits per heavy atom. The summed E-state index contributed by atoms with van der Waals surface area (Å²) in [5.41, 5.74) is 3.27. The van der Waals surface area contributed by atoms with Crippen molar-refractivity contribution in [1.82, 2.24) is 14.7 Å². The summed E-state index contributed by atoms with van der Waals surface area (Å²) < 4.78 is 13.2. The van der Waals surface area contributed by atoms with Crippen LogP contribution in [0.4, 0.5) is 0 Å². The molecule has 6 heteroatoms. The lowest BCUT2D eigenvalue weighted by Crippen LogP contribution is -2.44. The monoisotopic (exact) mass is 343 g/mol. The van der Waals surface area contributed by atoms with Crippen LogP contribution >= 0.6 is 0 Å². The maximum Gasteiger partial charge on any atom is 0.261 e. The van der Waals surface area contributed by atoms with E-state index in [1.165, 1.54) is 5.56 Å². The van der Waals surface area contributed by atoms with Gasteiger partial charge in [-0.15, -0.1) is 0 Å². The summed E-state index contributed by atoms with van der Waals surface area (Å²) in [4.78, 5) is 14.7. The third-order valence-corrected chi connectivity index (χ3v) is 4.62. The summed E-state index contributed by atoms with van der Waals surface area (Å²) in [7, 11) is 1.91. The van der Waals surface area contributed by atoms with Crippen LogP contribution in [-0.2, 0) is 23.0 Å². The van der Waals surface area contributed by atoms with Crippen LogP contribution in [0.5, 0.6) is 5.75 Å². The second-order valence-electron chi connectivity index (χ2n) is 6.25.